The van der Waals surface area contributed by atoms with Crippen molar-refractivity contribution >= 4 is 17.9 Å². The fourth-order valence-corrected chi connectivity index (χ4v) is 6.31. The maximum atomic E-state index is 12.7. The molecule has 0 aromatic carbocycles. The van der Waals surface area contributed by atoms with E-state index < -0.39 is 18.1 Å². The molecule has 0 aliphatic carbocycles. The number of allylic oxidation sites excluding steroid dienone is 6. The highest BCUT2D eigenvalue weighted by molar-refractivity contribution is 5.72. The van der Waals surface area contributed by atoms with Crippen LogP contribution in [0.15, 0.2) is 36.5 Å². The lowest BCUT2D eigenvalue weighted by molar-refractivity contribution is -0.887. The molecule has 0 saturated heterocycles. The summed E-state index contributed by atoms with van der Waals surface area (Å²) in [5, 5.41) is 9.59. The fraction of sp³-hybridized carbons (Fsp3) is 0.804. The summed E-state index contributed by atoms with van der Waals surface area (Å²) in [6.07, 6.45) is 42.3. The highest BCUT2D eigenvalue weighted by Gasteiger charge is 2.31. The van der Waals surface area contributed by atoms with Crippen LogP contribution < -0.4 is 0 Å². The third-order valence-corrected chi connectivity index (χ3v) is 9.78. The Labute approximate surface area is 332 Å². The maximum absolute atomic E-state index is 12.7. The average Bonchev–Trinajstić information content (AvgIpc) is 3.12. The Morgan fingerprint density at radius 3 is 1.56 bits per heavy atom. The monoisotopic (exact) mass is 763 g/mol. The van der Waals surface area contributed by atoms with E-state index in [0.717, 1.165) is 44.9 Å². The van der Waals surface area contributed by atoms with Crippen LogP contribution in [0.4, 0.5) is 0 Å². The molecule has 0 aromatic rings. The predicted molar refractivity (Wildman–Crippen MR) is 225 cm³/mol. The molecule has 54 heavy (non-hydrogen) atoms. The molecule has 0 aliphatic heterocycles. The summed E-state index contributed by atoms with van der Waals surface area (Å²) >= 11 is 0. The second-order valence-corrected chi connectivity index (χ2v) is 15.9. The number of hydrogen-bond donors (Lipinski definition) is 1. The minimum absolute atomic E-state index is 0.0467. The van der Waals surface area contributed by atoms with Crippen LogP contribution in [0.2, 0.25) is 0 Å². The van der Waals surface area contributed by atoms with E-state index in [9.17, 15) is 19.5 Å². The molecule has 0 amide bonds. The highest BCUT2D eigenvalue weighted by atomic mass is 16.6. The fourth-order valence-electron chi connectivity index (χ4n) is 6.31. The first-order valence-corrected chi connectivity index (χ1v) is 22.0. The molecule has 0 aromatic heterocycles. The number of esters is 2. The molecule has 2 unspecified atom stereocenters. The molecular formula is C46H84NO7+. The summed E-state index contributed by atoms with van der Waals surface area (Å²) < 4.78 is 17.1. The molecule has 2 atom stereocenters. The third kappa shape index (κ3) is 35.3. The molecule has 0 spiro atoms. The number of hydrogen-bond acceptors (Lipinski definition) is 6. The molecule has 0 bridgehead atoms. The van der Waals surface area contributed by atoms with Crippen LogP contribution in [0, 0.1) is 0 Å². The highest BCUT2D eigenvalue weighted by Crippen LogP contribution is 2.14. The van der Waals surface area contributed by atoms with Crippen molar-refractivity contribution in [3.8, 4) is 0 Å². The van der Waals surface area contributed by atoms with Crippen molar-refractivity contribution in [3.05, 3.63) is 36.5 Å². The Morgan fingerprint density at radius 1 is 0.556 bits per heavy atom. The van der Waals surface area contributed by atoms with Crippen molar-refractivity contribution < 1.29 is 38.2 Å². The number of unbranched alkanes of at least 4 members (excludes halogenated alkanes) is 19. The van der Waals surface area contributed by atoms with Gasteiger partial charge in [-0.2, -0.15) is 0 Å². The van der Waals surface area contributed by atoms with Crippen molar-refractivity contribution in [2.24, 2.45) is 0 Å². The lowest BCUT2D eigenvalue weighted by Crippen LogP contribution is -2.50. The van der Waals surface area contributed by atoms with Crippen molar-refractivity contribution in [2.75, 3.05) is 41.0 Å². The van der Waals surface area contributed by atoms with Crippen LogP contribution in [0.5, 0.6) is 0 Å². The average molecular weight is 763 g/mol. The SMILES string of the molecule is CCCCC/C=C/CCC(=O)OCC(COCCC(C(=O)O)[N+](C)(C)C)OC(=O)CCCCCCCCC/C=C/C/C=C/CCCCCCCCCCC. The van der Waals surface area contributed by atoms with Gasteiger partial charge in [0.15, 0.2) is 12.1 Å². The number of carbonyl (C=O) groups excluding carboxylic acids is 2. The van der Waals surface area contributed by atoms with Gasteiger partial charge in [0, 0.05) is 19.3 Å². The Bertz CT molecular complexity index is 984. The Hall–Kier alpha value is -2.45. The molecule has 0 rings (SSSR count). The van der Waals surface area contributed by atoms with Gasteiger partial charge in [0.25, 0.3) is 0 Å². The van der Waals surface area contributed by atoms with Gasteiger partial charge in [-0.25, -0.2) is 4.79 Å². The number of likely N-dealkylation sites (N-methyl/N-ethyl adjacent to an activating group) is 1. The molecule has 0 fully saturated rings. The number of quaternary nitrogens is 1. The second kappa shape index (κ2) is 37.5. The van der Waals surface area contributed by atoms with Crippen LogP contribution in [0.3, 0.4) is 0 Å². The Balaban J connectivity index is 4.20. The Kier molecular flexibility index (Phi) is 35.8. The molecule has 0 radical (unpaired) electrons. The van der Waals surface area contributed by atoms with E-state index in [0.29, 0.717) is 19.3 Å². The van der Waals surface area contributed by atoms with Crippen LogP contribution >= 0.6 is 0 Å². The van der Waals surface area contributed by atoms with Gasteiger partial charge >= 0.3 is 17.9 Å². The van der Waals surface area contributed by atoms with Gasteiger partial charge in [-0.3, -0.25) is 9.59 Å². The lowest BCUT2D eigenvalue weighted by atomic mass is 10.1. The predicted octanol–water partition coefficient (Wildman–Crippen LogP) is 11.9. The molecular weight excluding hydrogens is 679 g/mol. The van der Waals surface area contributed by atoms with Crippen LogP contribution in [-0.4, -0.2) is 80.6 Å². The number of ether oxygens (including phenoxy) is 3. The first-order valence-electron chi connectivity index (χ1n) is 22.0. The van der Waals surface area contributed by atoms with Gasteiger partial charge in [-0.1, -0.05) is 147 Å². The minimum atomic E-state index is -0.882. The number of carboxylic acids is 1. The summed E-state index contributed by atoms with van der Waals surface area (Å²) in [5.74, 6) is -1.55. The molecule has 8 heteroatoms. The molecule has 0 heterocycles. The largest absolute Gasteiger partial charge is 0.477 e. The first-order chi connectivity index (χ1) is 26.1. The summed E-state index contributed by atoms with van der Waals surface area (Å²) in [4.78, 5) is 36.7. The number of carboxylic acid groups (broad SMARTS) is 1. The summed E-state index contributed by atoms with van der Waals surface area (Å²) in [6, 6.07) is -0.618. The molecule has 1 N–H and O–H groups in total. The van der Waals surface area contributed by atoms with Crippen molar-refractivity contribution in [2.45, 2.75) is 199 Å². The van der Waals surface area contributed by atoms with E-state index in [1.165, 1.54) is 103 Å². The van der Waals surface area contributed by atoms with Crippen LogP contribution in [0.1, 0.15) is 187 Å². The number of carbonyl (C=O) groups is 3. The first kappa shape index (κ1) is 51.5. The van der Waals surface area contributed by atoms with Crippen molar-refractivity contribution in [3.63, 3.8) is 0 Å². The molecule has 0 saturated carbocycles. The van der Waals surface area contributed by atoms with Gasteiger partial charge in [-0.05, 0) is 57.8 Å². The van der Waals surface area contributed by atoms with Gasteiger partial charge < -0.3 is 23.8 Å². The zero-order valence-electron chi connectivity index (χ0n) is 35.7. The quantitative estimate of drug-likeness (QED) is 0.0288. The van der Waals surface area contributed by atoms with Gasteiger partial charge in [-0.15, -0.1) is 0 Å². The maximum Gasteiger partial charge on any atom is 0.362 e. The molecule has 314 valence electrons. The molecule has 8 nitrogen and oxygen atoms in total. The smallest absolute Gasteiger partial charge is 0.362 e. The standard InChI is InChI=1S/C46H83NO7/c1-6-8-10-12-14-15-16-17-18-19-20-21-22-23-24-25-26-27-28-29-31-33-35-37-45(49)54-42(40-52-39-38-43(46(50)51)47(3,4)5)41-53-44(48)36-34-32-30-13-11-9-7-2/h20-21,23-24,30,32,42-43H,6-19,22,25-29,31,33-41H2,1-5H3/p+1/b21-20+,24-23+,32-30+. The van der Waals surface area contributed by atoms with E-state index in [4.69, 9.17) is 14.2 Å². The van der Waals surface area contributed by atoms with Crippen molar-refractivity contribution in [1.82, 2.24) is 0 Å². The van der Waals surface area contributed by atoms with E-state index >= 15 is 0 Å². The van der Waals surface area contributed by atoms with E-state index in [1.54, 1.807) is 0 Å². The summed E-state index contributed by atoms with van der Waals surface area (Å²) in [6.45, 7) is 4.62. The number of aliphatic carboxylic acids is 1. The third-order valence-electron chi connectivity index (χ3n) is 9.78. The zero-order valence-corrected chi connectivity index (χ0v) is 35.7. The zero-order chi connectivity index (χ0) is 40.0. The lowest BCUT2D eigenvalue weighted by Gasteiger charge is -2.31. The number of rotatable bonds is 39. The summed E-state index contributed by atoms with van der Waals surface area (Å²) in [5.41, 5.74) is 0. The van der Waals surface area contributed by atoms with Crippen LogP contribution in [0.25, 0.3) is 0 Å². The van der Waals surface area contributed by atoms with E-state index in [2.05, 4.69) is 44.2 Å². The van der Waals surface area contributed by atoms with E-state index in [-0.39, 0.29) is 42.7 Å². The normalized spacial score (nSPS) is 13.3. The summed E-state index contributed by atoms with van der Waals surface area (Å²) in [7, 11) is 5.50. The Morgan fingerprint density at radius 2 is 1.02 bits per heavy atom. The number of nitrogens with zero attached hydrogens (tertiary/aromatic N) is 1. The topological polar surface area (TPSA) is 99.1 Å². The van der Waals surface area contributed by atoms with Gasteiger partial charge in [0.05, 0.1) is 34.4 Å². The molecule has 0 aliphatic rings. The second-order valence-electron chi connectivity index (χ2n) is 15.9. The van der Waals surface area contributed by atoms with Gasteiger partial charge in [0.1, 0.15) is 6.61 Å². The minimum Gasteiger partial charge on any atom is -0.477 e. The van der Waals surface area contributed by atoms with Crippen molar-refractivity contribution in [1.29, 1.82) is 0 Å². The van der Waals surface area contributed by atoms with E-state index in [1.807, 2.05) is 27.2 Å². The van der Waals surface area contributed by atoms with Crippen LogP contribution in [-0.2, 0) is 28.6 Å². The van der Waals surface area contributed by atoms with Gasteiger partial charge in [0.2, 0.25) is 0 Å².